The molecule has 136 valence electrons. The molecule has 0 saturated heterocycles. The maximum Gasteiger partial charge on any atom is 0.276 e. The molecule has 1 aromatic carbocycles. The van der Waals surface area contributed by atoms with E-state index in [2.05, 4.69) is 32.1 Å². The van der Waals surface area contributed by atoms with Gasteiger partial charge in [-0.05, 0) is 61.7 Å². The first-order valence-electron chi connectivity index (χ1n) is 8.21. The van der Waals surface area contributed by atoms with Gasteiger partial charge in [-0.1, -0.05) is 28.8 Å². The van der Waals surface area contributed by atoms with Crippen LogP contribution in [-0.2, 0) is 9.59 Å². The van der Waals surface area contributed by atoms with Crippen LogP contribution >= 0.6 is 28.1 Å². The number of halogens is 1. The molecule has 0 aromatic heterocycles. The van der Waals surface area contributed by atoms with Gasteiger partial charge >= 0.3 is 0 Å². The summed E-state index contributed by atoms with van der Waals surface area (Å²) < 4.78 is 6.40. The largest absolute Gasteiger partial charge is 0.483 e. The van der Waals surface area contributed by atoms with Gasteiger partial charge in [0.25, 0.3) is 5.91 Å². The van der Waals surface area contributed by atoms with Gasteiger partial charge in [0.15, 0.2) is 11.7 Å². The summed E-state index contributed by atoms with van der Waals surface area (Å²) in [5, 5.41) is 2.65. The Bertz CT molecular complexity index is 648. The van der Waals surface area contributed by atoms with Crippen LogP contribution in [-0.4, -0.2) is 23.5 Å². The summed E-state index contributed by atoms with van der Waals surface area (Å²) in [7, 11) is 0. The Hall–Kier alpha value is -1.67. The van der Waals surface area contributed by atoms with Crippen molar-refractivity contribution in [3.05, 3.63) is 28.2 Å². The fourth-order valence-corrected chi connectivity index (χ4v) is 3.41. The van der Waals surface area contributed by atoms with Gasteiger partial charge in [-0.25, -0.2) is 0 Å². The van der Waals surface area contributed by atoms with Gasteiger partial charge in [-0.2, -0.15) is 0 Å². The quantitative estimate of drug-likeness (QED) is 0.497. The van der Waals surface area contributed by atoms with E-state index in [-0.39, 0.29) is 17.6 Å². The third-order valence-electron chi connectivity index (χ3n) is 4.01. The van der Waals surface area contributed by atoms with Crippen LogP contribution in [0.15, 0.2) is 22.7 Å². The Labute approximate surface area is 161 Å². The molecule has 0 heterocycles. The molecule has 0 radical (unpaired) electrons. The molecule has 1 aliphatic rings. The van der Waals surface area contributed by atoms with Gasteiger partial charge < -0.3 is 10.1 Å². The van der Waals surface area contributed by atoms with E-state index in [9.17, 15) is 9.59 Å². The summed E-state index contributed by atoms with van der Waals surface area (Å²) in [6.45, 7) is 1.74. The summed E-state index contributed by atoms with van der Waals surface area (Å²) in [5.74, 6) is 0.556. The normalized spacial score (nSPS) is 14.0. The predicted octanol–water partition coefficient (Wildman–Crippen LogP) is 2.74. The number of benzene rings is 1. The van der Waals surface area contributed by atoms with Gasteiger partial charge in [0.2, 0.25) is 5.91 Å². The van der Waals surface area contributed by atoms with Crippen molar-refractivity contribution in [3.63, 3.8) is 0 Å². The van der Waals surface area contributed by atoms with E-state index in [1.54, 1.807) is 6.07 Å². The average molecular weight is 428 g/mol. The number of thiocarbonyl (C=S) groups is 1. The van der Waals surface area contributed by atoms with E-state index in [4.69, 9.17) is 17.0 Å². The van der Waals surface area contributed by atoms with Crippen LogP contribution in [0.1, 0.15) is 37.7 Å². The zero-order valence-electron chi connectivity index (χ0n) is 14.1. The molecule has 2 amide bonds. The first-order valence-corrected chi connectivity index (χ1v) is 9.42. The van der Waals surface area contributed by atoms with Crippen molar-refractivity contribution in [2.75, 3.05) is 6.61 Å². The van der Waals surface area contributed by atoms with E-state index in [1.165, 1.54) is 12.8 Å². The highest BCUT2D eigenvalue weighted by Gasteiger charge is 2.18. The van der Waals surface area contributed by atoms with Gasteiger partial charge in [0.1, 0.15) is 5.75 Å². The number of carbonyl (C=O) groups excluding carboxylic acids is 2. The molecule has 0 atom stereocenters. The molecule has 1 aromatic rings. The lowest BCUT2D eigenvalue weighted by atomic mass is 10.0. The number of ether oxygens (including phenoxy) is 1. The maximum absolute atomic E-state index is 11.8. The number of aryl methyl sites for hydroxylation is 1. The molecular formula is C17H22BrN3O3S. The SMILES string of the molecule is Cc1cc(Br)ccc1OCC(=O)NNC(=S)NC(=O)CC1CCCC1. The van der Waals surface area contributed by atoms with Crippen LogP contribution < -0.4 is 20.9 Å². The second-order valence-corrected chi connectivity index (χ2v) is 7.43. The van der Waals surface area contributed by atoms with Crippen LogP contribution in [0, 0.1) is 12.8 Å². The molecule has 1 fully saturated rings. The van der Waals surface area contributed by atoms with E-state index < -0.39 is 5.91 Å². The minimum atomic E-state index is -0.394. The number of nitrogens with one attached hydrogen (secondary N) is 3. The Morgan fingerprint density at radius 1 is 1.24 bits per heavy atom. The second-order valence-electron chi connectivity index (χ2n) is 6.10. The highest BCUT2D eigenvalue weighted by atomic mass is 79.9. The van der Waals surface area contributed by atoms with Crippen molar-refractivity contribution in [2.45, 2.75) is 39.0 Å². The lowest BCUT2D eigenvalue weighted by molar-refractivity contribution is -0.124. The van der Waals surface area contributed by atoms with Crippen LogP contribution in [0.25, 0.3) is 0 Å². The number of hydrogen-bond donors (Lipinski definition) is 3. The van der Waals surface area contributed by atoms with E-state index in [0.717, 1.165) is 22.9 Å². The highest BCUT2D eigenvalue weighted by Crippen LogP contribution is 2.27. The molecule has 0 bridgehead atoms. The summed E-state index contributed by atoms with van der Waals surface area (Å²) >= 11 is 8.37. The standard InChI is InChI=1S/C17H22BrN3O3S/c1-11-8-13(18)6-7-14(11)24-10-16(23)20-21-17(25)19-15(22)9-12-4-2-3-5-12/h6-8,12H,2-5,9-10H2,1H3,(H,20,23)(H2,19,21,22,25). The summed E-state index contributed by atoms with van der Waals surface area (Å²) in [6.07, 6.45) is 5.04. The van der Waals surface area contributed by atoms with Crippen LogP contribution in [0.2, 0.25) is 0 Å². The Morgan fingerprint density at radius 2 is 1.96 bits per heavy atom. The van der Waals surface area contributed by atoms with Crippen molar-refractivity contribution in [1.82, 2.24) is 16.2 Å². The minimum absolute atomic E-state index is 0.0798. The molecule has 3 N–H and O–H groups in total. The molecule has 6 nitrogen and oxygen atoms in total. The number of rotatable bonds is 5. The van der Waals surface area contributed by atoms with Crippen molar-refractivity contribution >= 4 is 45.1 Å². The Morgan fingerprint density at radius 3 is 2.64 bits per heavy atom. The van der Waals surface area contributed by atoms with Crippen LogP contribution in [0.3, 0.4) is 0 Å². The molecule has 2 rings (SSSR count). The van der Waals surface area contributed by atoms with Crippen molar-refractivity contribution in [3.8, 4) is 5.75 Å². The smallest absolute Gasteiger partial charge is 0.276 e. The number of hydrogen-bond acceptors (Lipinski definition) is 4. The average Bonchev–Trinajstić information content (AvgIpc) is 3.04. The number of hydrazine groups is 1. The molecule has 8 heteroatoms. The van der Waals surface area contributed by atoms with E-state index in [0.29, 0.717) is 18.1 Å². The first-order chi connectivity index (χ1) is 11.9. The Kier molecular flexibility index (Phi) is 7.64. The van der Waals surface area contributed by atoms with Crippen molar-refractivity contribution < 1.29 is 14.3 Å². The molecule has 0 spiro atoms. The fourth-order valence-electron chi connectivity index (χ4n) is 2.77. The first kappa shape index (κ1) is 19.7. The fraction of sp³-hybridized carbons (Fsp3) is 0.471. The molecule has 0 aliphatic heterocycles. The lowest BCUT2D eigenvalue weighted by Gasteiger charge is -2.13. The molecular weight excluding hydrogens is 406 g/mol. The zero-order valence-corrected chi connectivity index (χ0v) is 16.5. The van der Waals surface area contributed by atoms with E-state index >= 15 is 0 Å². The van der Waals surface area contributed by atoms with Gasteiger partial charge in [0, 0.05) is 10.9 Å². The molecule has 1 saturated carbocycles. The number of carbonyl (C=O) groups is 2. The summed E-state index contributed by atoms with van der Waals surface area (Å²) in [4.78, 5) is 23.6. The zero-order chi connectivity index (χ0) is 18.2. The topological polar surface area (TPSA) is 79.5 Å². The van der Waals surface area contributed by atoms with Crippen LogP contribution in [0.5, 0.6) is 5.75 Å². The molecule has 25 heavy (non-hydrogen) atoms. The molecule has 1 aliphatic carbocycles. The highest BCUT2D eigenvalue weighted by molar-refractivity contribution is 9.10. The third-order valence-corrected chi connectivity index (χ3v) is 4.71. The number of amides is 2. The lowest BCUT2D eigenvalue weighted by Crippen LogP contribution is -2.49. The van der Waals surface area contributed by atoms with Gasteiger partial charge in [-0.15, -0.1) is 0 Å². The Balaban J connectivity index is 1.65. The van der Waals surface area contributed by atoms with Gasteiger partial charge in [-0.3, -0.25) is 20.4 Å². The second kappa shape index (κ2) is 9.72. The minimum Gasteiger partial charge on any atom is -0.483 e. The monoisotopic (exact) mass is 427 g/mol. The third kappa shape index (κ3) is 6.99. The van der Waals surface area contributed by atoms with E-state index in [1.807, 2.05) is 19.1 Å². The predicted molar refractivity (Wildman–Crippen MR) is 103 cm³/mol. The van der Waals surface area contributed by atoms with Gasteiger partial charge in [0.05, 0.1) is 0 Å². The van der Waals surface area contributed by atoms with Crippen molar-refractivity contribution in [1.29, 1.82) is 0 Å². The van der Waals surface area contributed by atoms with Crippen LogP contribution in [0.4, 0.5) is 0 Å². The summed E-state index contributed by atoms with van der Waals surface area (Å²) in [5.41, 5.74) is 5.84. The van der Waals surface area contributed by atoms with Crippen molar-refractivity contribution in [2.24, 2.45) is 5.92 Å². The summed E-state index contributed by atoms with van der Waals surface area (Å²) in [6, 6.07) is 5.53. The molecule has 0 unspecified atom stereocenters. The maximum atomic E-state index is 11.8.